The molecule has 2 aliphatic heterocycles. The predicted octanol–water partition coefficient (Wildman–Crippen LogP) is 2.84. The van der Waals surface area contributed by atoms with Crippen molar-refractivity contribution in [2.75, 3.05) is 32.2 Å². The number of methoxy groups -OCH3 is 2. The zero-order valence-electron chi connectivity index (χ0n) is 34.6. The number of nitrogens with one attached hydrogen (secondary N) is 2. The van der Waals surface area contributed by atoms with Crippen molar-refractivity contribution in [3.8, 4) is 0 Å². The van der Waals surface area contributed by atoms with Crippen LogP contribution in [0, 0.1) is 11.8 Å². The number of rotatable bonds is 11. The second-order valence-corrected chi connectivity index (χ2v) is 16.6. The number of fused-ring (bicyclic) bond motifs is 10. The van der Waals surface area contributed by atoms with Crippen LogP contribution in [0.15, 0.2) is 78.9 Å². The zero-order chi connectivity index (χ0) is 44.1. The average Bonchev–Trinajstić information content (AvgIpc) is 3.90. The summed E-state index contributed by atoms with van der Waals surface area (Å²) in [6.07, 6.45) is -2.83. The molecule has 4 aliphatic carbocycles. The van der Waals surface area contributed by atoms with Gasteiger partial charge in [0.1, 0.15) is 11.2 Å². The molecule has 3 aromatic rings. The summed E-state index contributed by atoms with van der Waals surface area (Å²) in [6, 6.07) is 23.4. The minimum atomic E-state index is -2.02. The second kappa shape index (κ2) is 16.2. The van der Waals surface area contributed by atoms with Crippen LogP contribution < -0.4 is 27.0 Å². The molecule has 324 valence electrons. The summed E-state index contributed by atoms with van der Waals surface area (Å²) in [4.78, 5) is 88.4. The van der Waals surface area contributed by atoms with Crippen LogP contribution in [0.4, 0.5) is 15.3 Å². The van der Waals surface area contributed by atoms with Gasteiger partial charge in [-0.05, 0) is 86.8 Å². The number of carboxylic acid groups (broad SMARTS) is 2. The molecule has 17 heteroatoms. The lowest BCUT2D eigenvalue weighted by Gasteiger charge is -2.60. The molecule has 2 fully saturated rings. The second-order valence-electron chi connectivity index (χ2n) is 16.6. The third-order valence-corrected chi connectivity index (χ3v) is 14.0. The van der Waals surface area contributed by atoms with Gasteiger partial charge in [0.25, 0.3) is 11.8 Å². The third kappa shape index (κ3) is 6.52. The maximum atomic E-state index is 15.2. The number of hydrogen-bond donors (Lipinski definition) is 6. The van der Waals surface area contributed by atoms with E-state index in [9.17, 15) is 29.4 Å². The lowest BCUT2D eigenvalue weighted by Crippen LogP contribution is -2.77. The molecule has 6 unspecified atom stereocenters. The number of anilines is 1. The Morgan fingerprint density at radius 3 is 1.34 bits per heavy atom. The van der Waals surface area contributed by atoms with E-state index in [1.54, 1.807) is 62.4 Å². The van der Waals surface area contributed by atoms with Crippen molar-refractivity contribution in [2.24, 2.45) is 23.3 Å². The van der Waals surface area contributed by atoms with E-state index in [1.165, 1.54) is 14.2 Å². The molecule has 2 saturated heterocycles. The van der Waals surface area contributed by atoms with E-state index < -0.39 is 82.3 Å². The molecule has 17 nitrogen and oxygen atoms in total. The van der Waals surface area contributed by atoms with Crippen molar-refractivity contribution in [1.29, 1.82) is 0 Å². The fourth-order valence-electron chi connectivity index (χ4n) is 11.3. The Hall–Kier alpha value is -5.88. The predicted molar refractivity (Wildman–Crippen MR) is 221 cm³/mol. The van der Waals surface area contributed by atoms with Gasteiger partial charge in [-0.15, -0.1) is 0 Å². The van der Waals surface area contributed by atoms with Gasteiger partial charge >= 0.3 is 12.2 Å². The summed E-state index contributed by atoms with van der Waals surface area (Å²) >= 11 is 0. The summed E-state index contributed by atoms with van der Waals surface area (Å²) in [6.45, 7) is 3.65. The lowest BCUT2D eigenvalue weighted by molar-refractivity contribution is -0.188. The van der Waals surface area contributed by atoms with Gasteiger partial charge in [0.2, 0.25) is 11.8 Å². The normalized spacial score (nSPS) is 31.0. The number of nitrogens with two attached hydrogens (primary N) is 2. The number of likely N-dealkylation sites (tertiary alicyclic amines) is 2. The van der Waals surface area contributed by atoms with E-state index in [1.807, 2.05) is 40.1 Å². The van der Waals surface area contributed by atoms with Crippen LogP contribution >= 0.6 is 0 Å². The number of imide groups is 2. The summed E-state index contributed by atoms with van der Waals surface area (Å²) in [5.41, 5.74) is 7.64. The molecule has 9 rings (SSSR count). The summed E-state index contributed by atoms with van der Waals surface area (Å²) < 4.78 is 12.7. The third-order valence-electron chi connectivity index (χ3n) is 14.0. The highest BCUT2D eigenvalue weighted by Crippen LogP contribution is 2.55. The summed E-state index contributed by atoms with van der Waals surface area (Å²) in [5, 5.41) is 24.6. The van der Waals surface area contributed by atoms with Crippen molar-refractivity contribution in [1.82, 2.24) is 20.4 Å². The number of carbonyl (C=O) groups is 6. The Balaban J connectivity index is 1.52. The zero-order valence-corrected chi connectivity index (χ0v) is 34.6. The number of primary amides is 2. The Labute approximate surface area is 353 Å². The first-order valence-electron chi connectivity index (χ1n) is 20.4. The van der Waals surface area contributed by atoms with Gasteiger partial charge in [-0.25, -0.2) is 9.59 Å². The number of para-hydroxylation sites is 1. The minimum absolute atomic E-state index is 0.0932. The number of amides is 6. The van der Waals surface area contributed by atoms with Gasteiger partial charge < -0.3 is 36.1 Å². The number of hydrogen-bond acceptors (Lipinski definition) is 11. The molecular formula is C44H53N7O10. The SMILES string of the molecule is COC1(C)C(C(N)=O)Cc2ccc(cc2)[C@]1(C(=O)NC(=O)O)N1CCCC1N(c1ccccc1)C1CCCN1[C@@]1(C(=O)NC(=O)O)c2ccc(cc2)CC(C(N)=O)C1(C)OC. The van der Waals surface area contributed by atoms with E-state index in [4.69, 9.17) is 20.9 Å². The van der Waals surface area contributed by atoms with Crippen molar-refractivity contribution < 1.29 is 48.5 Å². The molecule has 0 radical (unpaired) electrons. The number of carbonyl (C=O) groups excluding carboxylic acids is 4. The Morgan fingerprint density at radius 1 is 0.639 bits per heavy atom. The van der Waals surface area contributed by atoms with Crippen molar-refractivity contribution >= 4 is 41.5 Å². The fraction of sp³-hybridized carbons (Fsp3) is 0.455. The van der Waals surface area contributed by atoms with Crippen molar-refractivity contribution in [3.05, 3.63) is 101 Å². The van der Waals surface area contributed by atoms with E-state index in [0.29, 0.717) is 42.5 Å². The van der Waals surface area contributed by atoms with Crippen LogP contribution in [0.3, 0.4) is 0 Å². The number of benzene rings is 3. The highest BCUT2D eigenvalue weighted by atomic mass is 16.5. The Morgan fingerprint density at radius 2 is 1.02 bits per heavy atom. The van der Waals surface area contributed by atoms with E-state index in [0.717, 1.165) is 11.1 Å². The first-order chi connectivity index (χ1) is 29.0. The molecule has 6 amide bonds. The van der Waals surface area contributed by atoms with Gasteiger partial charge in [0, 0.05) is 33.0 Å². The van der Waals surface area contributed by atoms with Gasteiger partial charge in [0.05, 0.1) is 24.2 Å². The van der Waals surface area contributed by atoms with Crippen LogP contribution in [0.1, 0.15) is 61.8 Å². The van der Waals surface area contributed by atoms with Gasteiger partial charge in [-0.1, -0.05) is 66.7 Å². The molecule has 8 atom stereocenters. The summed E-state index contributed by atoms with van der Waals surface area (Å²) in [5.74, 6) is -5.66. The first-order valence-corrected chi connectivity index (χ1v) is 20.4. The smallest absolute Gasteiger partial charge is 0.411 e. The van der Waals surface area contributed by atoms with Crippen LogP contribution in [-0.2, 0) is 52.6 Å². The van der Waals surface area contributed by atoms with E-state index in [2.05, 4.69) is 15.5 Å². The van der Waals surface area contributed by atoms with E-state index >= 15 is 9.59 Å². The molecular weight excluding hydrogens is 787 g/mol. The van der Waals surface area contributed by atoms with Crippen molar-refractivity contribution in [2.45, 2.75) is 87.0 Å². The molecule has 2 heterocycles. The number of ether oxygens (including phenoxy) is 2. The monoisotopic (exact) mass is 839 g/mol. The molecule has 8 N–H and O–H groups in total. The van der Waals surface area contributed by atoms with Crippen LogP contribution in [0.25, 0.3) is 0 Å². The minimum Gasteiger partial charge on any atom is -0.465 e. The highest BCUT2D eigenvalue weighted by Gasteiger charge is 2.69. The molecule has 0 saturated carbocycles. The standard InChI is InChI=1S/C44H53N7O10/c1-41(60-3)31(35(45)52)24-26-14-18-28(19-15-26)43(41,37(54)47-39(56)57)49-22-8-12-33(49)51(30-10-6-5-7-11-30)34-13-9-23-50(34)44(38(55)48-40(58)59)29-20-16-27(17-21-29)25-32(36(46)53)42(44,2)61-4/h5-7,10-11,14-21,31-34H,8-9,12-13,22-25H2,1-4H3,(H2,45,52)(H2,46,53)(H,47,54)(H,48,55)(H,56,57)(H,58,59)/t31?,32?,33?,34?,41?,42?,43-,44-/m1/s1. The largest absolute Gasteiger partial charge is 0.465 e. The van der Waals surface area contributed by atoms with E-state index in [-0.39, 0.29) is 25.9 Å². The molecule has 0 aromatic heterocycles. The van der Waals surface area contributed by atoms with Gasteiger partial charge in [-0.2, -0.15) is 0 Å². The quantitative estimate of drug-likeness (QED) is 0.163. The molecule has 3 aromatic carbocycles. The van der Waals surface area contributed by atoms with Crippen LogP contribution in [0.2, 0.25) is 0 Å². The van der Waals surface area contributed by atoms with Gasteiger partial charge in [-0.3, -0.25) is 39.6 Å². The Bertz CT molecular complexity index is 2070. The molecule has 0 spiro atoms. The lowest BCUT2D eigenvalue weighted by atomic mass is 9.63. The average molecular weight is 840 g/mol. The van der Waals surface area contributed by atoms with Crippen molar-refractivity contribution in [3.63, 3.8) is 0 Å². The summed E-state index contributed by atoms with van der Waals surface area (Å²) in [7, 11) is 2.74. The maximum absolute atomic E-state index is 15.2. The molecule has 6 aliphatic rings. The van der Waals surface area contributed by atoms with Crippen LogP contribution in [0.5, 0.6) is 0 Å². The molecule has 4 bridgehead atoms. The maximum Gasteiger partial charge on any atom is 0.411 e. The topological polar surface area (TPSA) is 247 Å². The fourth-order valence-corrected chi connectivity index (χ4v) is 11.3. The number of nitrogens with zero attached hydrogens (tertiary/aromatic N) is 3. The highest BCUT2D eigenvalue weighted by molar-refractivity contribution is 6.01. The molecule has 61 heavy (non-hydrogen) atoms. The first kappa shape index (κ1) is 43.2. The Kier molecular flexibility index (Phi) is 11.5. The van der Waals surface area contributed by atoms with Gasteiger partial charge in [0.15, 0.2) is 11.1 Å². The van der Waals surface area contributed by atoms with Crippen LogP contribution in [-0.4, -0.2) is 107 Å².